The molecule has 0 atom stereocenters. The minimum Gasteiger partial charge on any atom is -0.422 e. The predicted molar refractivity (Wildman–Crippen MR) is 80.0 cm³/mol. The summed E-state index contributed by atoms with van der Waals surface area (Å²) in [7, 11) is 0. The fraction of sp³-hybridized carbons (Fsp3) is 0. The molecule has 3 heteroatoms. The van der Waals surface area contributed by atoms with Gasteiger partial charge in [0.05, 0.1) is 5.56 Å². The number of ketones is 1. The van der Waals surface area contributed by atoms with Gasteiger partial charge < -0.3 is 4.74 Å². The van der Waals surface area contributed by atoms with E-state index < -0.39 is 5.97 Å². The molecule has 0 radical (unpaired) electrons. The monoisotopic (exact) mass is 276 g/mol. The van der Waals surface area contributed by atoms with Gasteiger partial charge in [-0.15, -0.1) is 0 Å². The molecule has 0 spiro atoms. The Bertz CT molecular complexity index is 755. The largest absolute Gasteiger partial charge is 0.422 e. The van der Waals surface area contributed by atoms with E-state index in [2.05, 4.69) is 0 Å². The lowest BCUT2D eigenvalue weighted by molar-refractivity contribution is -0.130. The van der Waals surface area contributed by atoms with Gasteiger partial charge in [0, 0.05) is 0 Å². The van der Waals surface area contributed by atoms with Crippen LogP contribution in [0.1, 0.15) is 15.9 Å². The molecular formula is C18H12O3. The Morgan fingerprint density at radius 1 is 0.857 bits per heavy atom. The quantitative estimate of drug-likeness (QED) is 0.365. The van der Waals surface area contributed by atoms with Gasteiger partial charge in [-0.25, -0.2) is 4.79 Å². The molecule has 1 aliphatic rings. The van der Waals surface area contributed by atoms with Crippen LogP contribution < -0.4 is 4.74 Å². The fourth-order valence-corrected chi connectivity index (χ4v) is 2.10. The second-order valence-electron chi connectivity index (χ2n) is 4.56. The Labute approximate surface area is 122 Å². The lowest BCUT2D eigenvalue weighted by atomic mass is 9.99. The number of ether oxygens (including phenoxy) is 1. The maximum Gasteiger partial charge on any atom is 0.347 e. The summed E-state index contributed by atoms with van der Waals surface area (Å²) < 4.78 is 5.16. The van der Waals surface area contributed by atoms with E-state index >= 15 is 0 Å². The molecule has 3 rings (SSSR count). The van der Waals surface area contributed by atoms with Crippen LogP contribution in [0.25, 0.3) is 6.08 Å². The van der Waals surface area contributed by atoms with E-state index in [1.165, 1.54) is 6.08 Å². The summed E-state index contributed by atoms with van der Waals surface area (Å²) in [4.78, 5) is 24.1. The summed E-state index contributed by atoms with van der Waals surface area (Å²) in [5, 5.41) is 0. The Kier molecular flexibility index (Phi) is 3.48. The van der Waals surface area contributed by atoms with E-state index in [-0.39, 0.29) is 11.4 Å². The number of esters is 1. The van der Waals surface area contributed by atoms with E-state index in [9.17, 15) is 9.59 Å². The first kappa shape index (κ1) is 13.1. The minimum atomic E-state index is -0.614. The van der Waals surface area contributed by atoms with Crippen molar-refractivity contribution in [2.75, 3.05) is 0 Å². The van der Waals surface area contributed by atoms with Gasteiger partial charge in [0.2, 0.25) is 5.78 Å². The van der Waals surface area contributed by atoms with Crippen LogP contribution in [-0.2, 0) is 4.79 Å². The van der Waals surface area contributed by atoms with E-state index in [1.54, 1.807) is 30.3 Å². The van der Waals surface area contributed by atoms with Crippen molar-refractivity contribution in [2.24, 2.45) is 0 Å². The predicted octanol–water partition coefficient (Wildman–Crippen LogP) is 3.43. The molecule has 0 saturated heterocycles. The first-order valence-electron chi connectivity index (χ1n) is 6.55. The second-order valence-corrected chi connectivity index (χ2v) is 4.56. The van der Waals surface area contributed by atoms with E-state index in [0.717, 1.165) is 5.56 Å². The molecule has 0 unspecified atom stereocenters. The third kappa shape index (κ3) is 2.67. The first-order chi connectivity index (χ1) is 10.3. The van der Waals surface area contributed by atoms with Crippen LogP contribution in [0.3, 0.4) is 0 Å². The molecule has 0 bridgehead atoms. The number of hydrogen-bond acceptors (Lipinski definition) is 3. The molecule has 21 heavy (non-hydrogen) atoms. The van der Waals surface area contributed by atoms with Crippen molar-refractivity contribution < 1.29 is 14.3 Å². The Balaban J connectivity index is 1.89. The zero-order valence-corrected chi connectivity index (χ0v) is 11.2. The smallest absolute Gasteiger partial charge is 0.347 e. The Morgan fingerprint density at radius 3 is 2.38 bits per heavy atom. The van der Waals surface area contributed by atoms with Crippen LogP contribution in [0, 0.1) is 0 Å². The number of hydrogen-bond donors (Lipinski definition) is 0. The zero-order chi connectivity index (χ0) is 14.7. The van der Waals surface area contributed by atoms with Gasteiger partial charge in [-0.2, -0.15) is 0 Å². The molecule has 0 amide bonds. The standard InChI is InChI=1S/C18H12O3/c19-17-14-10-4-5-12-16(14)21-18(20)15(17)11-6-9-13-7-2-1-3-8-13/h1-12H/b9-6+,15-11-. The van der Waals surface area contributed by atoms with Gasteiger partial charge in [0.25, 0.3) is 0 Å². The Hall–Kier alpha value is -2.94. The van der Waals surface area contributed by atoms with Crippen molar-refractivity contribution in [3.8, 4) is 5.75 Å². The summed E-state index contributed by atoms with van der Waals surface area (Å²) in [5.74, 6) is -0.604. The average molecular weight is 276 g/mol. The van der Waals surface area contributed by atoms with Crippen LogP contribution in [0.15, 0.2) is 72.3 Å². The molecule has 102 valence electrons. The van der Waals surface area contributed by atoms with Gasteiger partial charge >= 0.3 is 5.97 Å². The molecule has 1 aliphatic heterocycles. The van der Waals surface area contributed by atoms with E-state index in [1.807, 2.05) is 36.4 Å². The van der Waals surface area contributed by atoms with Gasteiger partial charge in [0.15, 0.2) is 0 Å². The summed E-state index contributed by atoms with van der Waals surface area (Å²) in [6.45, 7) is 0. The molecule has 3 nitrogen and oxygen atoms in total. The van der Waals surface area contributed by atoms with Crippen molar-refractivity contribution >= 4 is 17.8 Å². The van der Waals surface area contributed by atoms with Crippen molar-refractivity contribution in [3.05, 3.63) is 83.4 Å². The zero-order valence-electron chi connectivity index (χ0n) is 11.2. The van der Waals surface area contributed by atoms with Crippen molar-refractivity contribution in [3.63, 3.8) is 0 Å². The van der Waals surface area contributed by atoms with Gasteiger partial charge in [0.1, 0.15) is 11.3 Å². The molecule has 0 N–H and O–H groups in total. The minimum absolute atomic E-state index is 0.0425. The van der Waals surface area contributed by atoms with E-state index in [4.69, 9.17) is 4.74 Å². The summed E-state index contributed by atoms with van der Waals surface area (Å²) in [6, 6.07) is 16.4. The first-order valence-corrected chi connectivity index (χ1v) is 6.55. The normalized spacial score (nSPS) is 16.1. The summed E-state index contributed by atoms with van der Waals surface area (Å²) >= 11 is 0. The lowest BCUT2D eigenvalue weighted by Crippen LogP contribution is -2.24. The molecule has 1 heterocycles. The van der Waals surface area contributed by atoms with Crippen LogP contribution >= 0.6 is 0 Å². The molecule has 2 aromatic rings. The fourth-order valence-electron chi connectivity index (χ4n) is 2.10. The third-order valence-electron chi connectivity index (χ3n) is 3.15. The molecule has 0 aliphatic carbocycles. The highest BCUT2D eigenvalue weighted by Gasteiger charge is 2.29. The number of para-hydroxylation sites is 1. The lowest BCUT2D eigenvalue weighted by Gasteiger charge is -2.15. The number of carbonyl (C=O) groups is 2. The molecular weight excluding hydrogens is 264 g/mol. The molecule has 0 saturated carbocycles. The molecule has 0 fully saturated rings. The van der Waals surface area contributed by atoms with Gasteiger partial charge in [-0.1, -0.05) is 54.6 Å². The Morgan fingerprint density at radius 2 is 1.57 bits per heavy atom. The maximum absolute atomic E-state index is 12.3. The average Bonchev–Trinajstić information content (AvgIpc) is 2.51. The number of Topliss-reactive ketones (excluding diaryl/α,β-unsaturated/α-hetero) is 1. The van der Waals surface area contributed by atoms with Crippen molar-refractivity contribution in [2.45, 2.75) is 0 Å². The SMILES string of the molecule is O=C1Oc2ccccc2C(=O)/C1=C/C=C/c1ccccc1. The second kappa shape index (κ2) is 5.59. The topological polar surface area (TPSA) is 43.4 Å². The highest BCUT2D eigenvalue weighted by Crippen LogP contribution is 2.27. The van der Waals surface area contributed by atoms with Gasteiger partial charge in [-0.05, 0) is 23.8 Å². The molecule has 0 aromatic heterocycles. The van der Waals surface area contributed by atoms with Crippen LogP contribution in [-0.4, -0.2) is 11.8 Å². The van der Waals surface area contributed by atoms with Gasteiger partial charge in [-0.3, -0.25) is 4.79 Å². The van der Waals surface area contributed by atoms with Crippen molar-refractivity contribution in [1.29, 1.82) is 0 Å². The van der Waals surface area contributed by atoms with Crippen LogP contribution in [0.2, 0.25) is 0 Å². The van der Waals surface area contributed by atoms with Crippen molar-refractivity contribution in [1.82, 2.24) is 0 Å². The molecule has 2 aromatic carbocycles. The highest BCUT2D eigenvalue weighted by molar-refractivity contribution is 6.27. The number of carbonyl (C=O) groups excluding carboxylic acids is 2. The van der Waals surface area contributed by atoms with Crippen LogP contribution in [0.4, 0.5) is 0 Å². The summed E-state index contributed by atoms with van der Waals surface area (Å²) in [5.41, 5.74) is 1.45. The number of fused-ring (bicyclic) bond motifs is 1. The third-order valence-corrected chi connectivity index (χ3v) is 3.15. The summed E-state index contributed by atoms with van der Waals surface area (Å²) in [6.07, 6.45) is 5.00. The van der Waals surface area contributed by atoms with Crippen LogP contribution in [0.5, 0.6) is 5.75 Å². The number of benzene rings is 2. The number of rotatable bonds is 2. The highest BCUT2D eigenvalue weighted by atomic mass is 16.5. The maximum atomic E-state index is 12.3. The van der Waals surface area contributed by atoms with E-state index in [0.29, 0.717) is 11.3 Å². The number of allylic oxidation sites excluding steroid dienone is 2.